The van der Waals surface area contributed by atoms with Crippen molar-refractivity contribution in [3.8, 4) is 0 Å². The lowest BCUT2D eigenvalue weighted by atomic mass is 10.2. The summed E-state index contributed by atoms with van der Waals surface area (Å²) in [5, 5.41) is 6.35. The Kier molecular flexibility index (Phi) is 3.72. The monoisotopic (exact) mass is 329 g/mol. The van der Waals surface area contributed by atoms with E-state index in [0.29, 0.717) is 11.3 Å². The second kappa shape index (κ2) is 5.11. The predicted octanol–water partition coefficient (Wildman–Crippen LogP) is 2.56. The van der Waals surface area contributed by atoms with Crippen LogP contribution in [0.25, 0.3) is 0 Å². The Morgan fingerprint density at radius 3 is 3.00 bits per heavy atom. The van der Waals surface area contributed by atoms with Crippen LogP contribution in [-0.4, -0.2) is 14.8 Å². The van der Waals surface area contributed by atoms with Gasteiger partial charge in [-0.05, 0) is 42.9 Å². The highest BCUT2D eigenvalue weighted by Crippen LogP contribution is 2.18. The summed E-state index contributed by atoms with van der Waals surface area (Å²) in [5.74, 6) is -0.359. The van der Waals surface area contributed by atoms with Crippen molar-refractivity contribution in [2.75, 3.05) is 0 Å². The molecule has 18 heavy (non-hydrogen) atoms. The van der Waals surface area contributed by atoms with E-state index in [1.54, 1.807) is 13.0 Å². The summed E-state index contributed by atoms with van der Waals surface area (Å²) < 4.78 is 15.5. The zero-order valence-corrected chi connectivity index (χ0v) is 11.8. The third-order valence-corrected chi connectivity index (χ3v) is 3.54. The Morgan fingerprint density at radius 1 is 1.56 bits per heavy atom. The number of aromatic nitrogens is 3. The summed E-state index contributed by atoms with van der Waals surface area (Å²) in [6, 6.07) is 4.30. The molecule has 0 aliphatic heterocycles. The number of hydrogen-bond acceptors (Lipinski definition) is 3. The van der Waals surface area contributed by atoms with Crippen LogP contribution in [0.3, 0.4) is 0 Å². The molecule has 0 unspecified atom stereocenters. The third kappa shape index (κ3) is 2.56. The van der Waals surface area contributed by atoms with Gasteiger partial charge in [-0.3, -0.25) is 14.5 Å². The average molecular weight is 330 g/mol. The van der Waals surface area contributed by atoms with Crippen LogP contribution in [0.2, 0.25) is 0 Å². The van der Waals surface area contributed by atoms with E-state index in [1.165, 1.54) is 16.7 Å². The van der Waals surface area contributed by atoms with Gasteiger partial charge in [0.05, 0.1) is 6.54 Å². The van der Waals surface area contributed by atoms with Gasteiger partial charge in [0.2, 0.25) is 0 Å². The molecule has 4 nitrogen and oxygen atoms in total. The van der Waals surface area contributed by atoms with Gasteiger partial charge in [-0.15, -0.1) is 0 Å². The first kappa shape index (κ1) is 13.1. The van der Waals surface area contributed by atoms with Crippen LogP contribution in [0.15, 0.2) is 27.5 Å². The van der Waals surface area contributed by atoms with E-state index in [2.05, 4.69) is 26.1 Å². The molecular weight excluding hydrogens is 321 g/mol. The van der Waals surface area contributed by atoms with Crippen LogP contribution >= 0.6 is 28.1 Å². The Morgan fingerprint density at radius 2 is 2.28 bits per heavy atom. The van der Waals surface area contributed by atoms with Crippen molar-refractivity contribution in [1.29, 1.82) is 0 Å². The summed E-state index contributed by atoms with van der Waals surface area (Å²) in [7, 11) is 0. The third-order valence-electron chi connectivity index (χ3n) is 2.46. The average Bonchev–Trinajstić information content (AvgIpc) is 2.34. The van der Waals surface area contributed by atoms with Gasteiger partial charge in [0, 0.05) is 4.47 Å². The Balaban J connectivity index is 2.53. The number of rotatable bonds is 2. The second-order valence-corrected chi connectivity index (χ2v) is 4.98. The number of benzene rings is 1. The van der Waals surface area contributed by atoms with Crippen molar-refractivity contribution in [3.05, 3.63) is 54.9 Å². The molecule has 2 rings (SSSR count). The number of nitrogens with zero attached hydrogens (tertiary/aromatic N) is 2. The molecule has 1 aromatic carbocycles. The molecule has 1 N–H and O–H groups in total. The number of halogens is 2. The van der Waals surface area contributed by atoms with Crippen LogP contribution in [-0.2, 0) is 6.54 Å². The van der Waals surface area contributed by atoms with Gasteiger partial charge in [-0.1, -0.05) is 15.9 Å². The van der Waals surface area contributed by atoms with Gasteiger partial charge in [0.15, 0.2) is 4.77 Å². The molecule has 0 radical (unpaired) electrons. The van der Waals surface area contributed by atoms with E-state index in [-0.39, 0.29) is 22.7 Å². The number of aryl methyl sites for hydroxylation is 1. The Labute approximate surface area is 116 Å². The van der Waals surface area contributed by atoms with Crippen molar-refractivity contribution in [3.63, 3.8) is 0 Å². The number of nitrogens with one attached hydrogen (secondary N) is 1. The highest BCUT2D eigenvalue weighted by atomic mass is 79.9. The van der Waals surface area contributed by atoms with Gasteiger partial charge in [0.1, 0.15) is 11.5 Å². The zero-order chi connectivity index (χ0) is 13.3. The van der Waals surface area contributed by atoms with Crippen LogP contribution in [0, 0.1) is 17.5 Å². The SMILES string of the molecule is Cc1n[nH]c(=S)n(Cc2cc(F)ccc2Br)c1=O. The van der Waals surface area contributed by atoms with Gasteiger partial charge in [0.25, 0.3) is 5.56 Å². The van der Waals surface area contributed by atoms with Crippen molar-refractivity contribution in [2.24, 2.45) is 0 Å². The van der Waals surface area contributed by atoms with Gasteiger partial charge < -0.3 is 0 Å². The standard InChI is InChI=1S/C11H9BrFN3OS/c1-6-10(17)16(11(18)15-14-6)5-7-4-8(13)2-3-9(7)12/h2-4H,5H2,1H3,(H,15,18). The minimum Gasteiger partial charge on any atom is -0.278 e. The normalized spacial score (nSPS) is 10.6. The molecular formula is C11H9BrFN3OS. The molecule has 0 bridgehead atoms. The zero-order valence-electron chi connectivity index (χ0n) is 9.41. The van der Waals surface area contributed by atoms with Crippen molar-refractivity contribution in [1.82, 2.24) is 14.8 Å². The fourth-order valence-electron chi connectivity index (χ4n) is 1.51. The van der Waals surface area contributed by atoms with Crippen LogP contribution in [0.5, 0.6) is 0 Å². The molecule has 0 saturated carbocycles. The first-order chi connectivity index (χ1) is 8.49. The lowest BCUT2D eigenvalue weighted by Crippen LogP contribution is -2.26. The molecule has 0 atom stereocenters. The molecule has 94 valence electrons. The van der Waals surface area contributed by atoms with E-state index < -0.39 is 0 Å². The summed E-state index contributed by atoms with van der Waals surface area (Å²) >= 11 is 8.32. The molecule has 0 aliphatic carbocycles. The highest BCUT2D eigenvalue weighted by molar-refractivity contribution is 9.10. The highest BCUT2D eigenvalue weighted by Gasteiger charge is 2.07. The van der Waals surface area contributed by atoms with Gasteiger partial charge in [-0.25, -0.2) is 4.39 Å². The topological polar surface area (TPSA) is 50.7 Å². The molecule has 0 amide bonds. The molecule has 2 aromatic rings. The molecule has 0 saturated heterocycles. The number of hydrogen-bond donors (Lipinski definition) is 1. The van der Waals surface area contributed by atoms with Crippen LogP contribution < -0.4 is 5.56 Å². The summed E-state index contributed by atoms with van der Waals surface area (Å²) in [4.78, 5) is 11.9. The lowest BCUT2D eigenvalue weighted by molar-refractivity contribution is 0.618. The Hall–Kier alpha value is -1.34. The summed E-state index contributed by atoms with van der Waals surface area (Å²) in [6.45, 7) is 1.78. The summed E-state index contributed by atoms with van der Waals surface area (Å²) in [6.07, 6.45) is 0. The largest absolute Gasteiger partial charge is 0.278 e. The quantitative estimate of drug-likeness (QED) is 0.861. The maximum absolute atomic E-state index is 13.2. The van der Waals surface area contributed by atoms with Gasteiger partial charge >= 0.3 is 0 Å². The Bertz CT molecular complexity index is 710. The van der Waals surface area contributed by atoms with E-state index in [4.69, 9.17) is 12.2 Å². The first-order valence-electron chi connectivity index (χ1n) is 5.09. The summed E-state index contributed by atoms with van der Waals surface area (Å²) in [5.41, 5.74) is 0.674. The van der Waals surface area contributed by atoms with Crippen LogP contribution in [0.1, 0.15) is 11.3 Å². The van der Waals surface area contributed by atoms with Crippen LogP contribution in [0.4, 0.5) is 4.39 Å². The van der Waals surface area contributed by atoms with E-state index in [9.17, 15) is 9.18 Å². The van der Waals surface area contributed by atoms with Crippen molar-refractivity contribution >= 4 is 28.1 Å². The van der Waals surface area contributed by atoms with E-state index >= 15 is 0 Å². The number of H-pyrrole nitrogens is 1. The van der Waals surface area contributed by atoms with Crippen molar-refractivity contribution in [2.45, 2.75) is 13.5 Å². The van der Waals surface area contributed by atoms with E-state index in [1.807, 2.05) is 0 Å². The smallest absolute Gasteiger partial charge is 0.276 e. The molecule has 1 aromatic heterocycles. The molecule has 1 heterocycles. The lowest BCUT2D eigenvalue weighted by Gasteiger charge is -2.08. The molecule has 0 fully saturated rings. The maximum atomic E-state index is 13.2. The maximum Gasteiger partial charge on any atom is 0.276 e. The first-order valence-corrected chi connectivity index (χ1v) is 6.29. The predicted molar refractivity (Wildman–Crippen MR) is 71.6 cm³/mol. The fraction of sp³-hybridized carbons (Fsp3) is 0.182. The second-order valence-electron chi connectivity index (χ2n) is 3.74. The molecule has 7 heteroatoms. The fourth-order valence-corrected chi connectivity index (χ4v) is 2.07. The van der Waals surface area contributed by atoms with Crippen molar-refractivity contribution < 1.29 is 4.39 Å². The molecule has 0 aliphatic rings. The minimum atomic E-state index is -0.359. The van der Waals surface area contributed by atoms with E-state index in [0.717, 1.165) is 4.47 Å². The molecule has 0 spiro atoms. The van der Waals surface area contributed by atoms with Gasteiger partial charge in [-0.2, -0.15) is 5.10 Å². The minimum absolute atomic E-state index is 0.190. The number of aromatic amines is 1.